The van der Waals surface area contributed by atoms with Crippen LogP contribution < -0.4 is 10.1 Å². The van der Waals surface area contributed by atoms with Crippen molar-refractivity contribution in [2.75, 3.05) is 13.7 Å². The van der Waals surface area contributed by atoms with Crippen LogP contribution >= 0.6 is 0 Å². The molecule has 2 rings (SSSR count). The van der Waals surface area contributed by atoms with Crippen LogP contribution in [0.25, 0.3) is 0 Å². The molecule has 0 aliphatic carbocycles. The second-order valence-electron chi connectivity index (χ2n) is 5.21. The van der Waals surface area contributed by atoms with Crippen LogP contribution in [0.2, 0.25) is 0 Å². The molecule has 2 aromatic carbocycles. The van der Waals surface area contributed by atoms with E-state index in [4.69, 9.17) is 4.74 Å². The van der Waals surface area contributed by atoms with Crippen LogP contribution in [-0.2, 0) is 6.42 Å². The second kappa shape index (κ2) is 7.61. The number of hydrogen-bond acceptors (Lipinski definition) is 3. The van der Waals surface area contributed by atoms with Crippen molar-refractivity contribution in [1.29, 1.82) is 0 Å². The fourth-order valence-corrected chi connectivity index (χ4v) is 2.36. The summed E-state index contributed by atoms with van der Waals surface area (Å²) in [5.41, 5.74) is 2.39. The van der Waals surface area contributed by atoms with Gasteiger partial charge in [0.25, 0.3) is 5.91 Å². The van der Waals surface area contributed by atoms with E-state index >= 15 is 0 Å². The fourth-order valence-electron chi connectivity index (χ4n) is 2.36. The predicted molar refractivity (Wildman–Crippen MR) is 86.2 cm³/mol. The SMILES string of the molecule is COc1cccc(C)c1C(=O)NCC(O)Cc1ccccc1. The van der Waals surface area contributed by atoms with Gasteiger partial charge in [-0.1, -0.05) is 42.5 Å². The summed E-state index contributed by atoms with van der Waals surface area (Å²) in [6.45, 7) is 2.06. The molecule has 22 heavy (non-hydrogen) atoms. The molecule has 0 aliphatic rings. The lowest BCUT2D eigenvalue weighted by Gasteiger charge is -2.14. The number of carbonyl (C=O) groups is 1. The van der Waals surface area contributed by atoms with E-state index in [0.29, 0.717) is 17.7 Å². The third-order valence-corrected chi connectivity index (χ3v) is 3.49. The van der Waals surface area contributed by atoms with Gasteiger partial charge in [0.2, 0.25) is 0 Å². The number of aryl methyl sites for hydroxylation is 1. The number of ether oxygens (including phenoxy) is 1. The molecule has 0 bridgehead atoms. The van der Waals surface area contributed by atoms with Gasteiger partial charge in [-0.25, -0.2) is 0 Å². The van der Waals surface area contributed by atoms with Gasteiger partial charge in [0, 0.05) is 13.0 Å². The maximum absolute atomic E-state index is 12.3. The van der Waals surface area contributed by atoms with Gasteiger partial charge in [0.1, 0.15) is 5.75 Å². The number of nitrogens with one attached hydrogen (secondary N) is 1. The molecule has 0 spiro atoms. The van der Waals surface area contributed by atoms with Gasteiger partial charge >= 0.3 is 0 Å². The van der Waals surface area contributed by atoms with Crippen molar-refractivity contribution in [3.05, 3.63) is 65.2 Å². The van der Waals surface area contributed by atoms with E-state index in [9.17, 15) is 9.90 Å². The maximum atomic E-state index is 12.3. The smallest absolute Gasteiger partial charge is 0.255 e. The molecule has 0 saturated carbocycles. The van der Waals surface area contributed by atoms with Crippen molar-refractivity contribution < 1.29 is 14.6 Å². The molecule has 0 fully saturated rings. The molecule has 0 radical (unpaired) electrons. The Kier molecular flexibility index (Phi) is 5.55. The summed E-state index contributed by atoms with van der Waals surface area (Å²) in [7, 11) is 1.54. The summed E-state index contributed by atoms with van der Waals surface area (Å²) in [5, 5.41) is 12.8. The van der Waals surface area contributed by atoms with Gasteiger partial charge < -0.3 is 15.2 Å². The number of aliphatic hydroxyl groups is 1. The minimum atomic E-state index is -0.624. The molecule has 1 unspecified atom stereocenters. The van der Waals surface area contributed by atoms with Crippen molar-refractivity contribution in [3.8, 4) is 5.75 Å². The standard InChI is InChI=1S/C18H21NO3/c1-13-7-6-10-16(22-2)17(13)18(21)19-12-15(20)11-14-8-4-3-5-9-14/h3-10,15,20H,11-12H2,1-2H3,(H,19,21). The van der Waals surface area contributed by atoms with Crippen LogP contribution in [0.5, 0.6) is 5.75 Å². The number of methoxy groups -OCH3 is 1. The van der Waals surface area contributed by atoms with E-state index in [1.54, 1.807) is 6.07 Å². The molecule has 0 saturated heterocycles. The molecule has 1 amide bonds. The highest BCUT2D eigenvalue weighted by Crippen LogP contribution is 2.21. The van der Waals surface area contributed by atoms with Gasteiger partial charge in [0.15, 0.2) is 0 Å². The van der Waals surface area contributed by atoms with Gasteiger partial charge in [-0.2, -0.15) is 0 Å². The van der Waals surface area contributed by atoms with Gasteiger partial charge in [-0.15, -0.1) is 0 Å². The lowest BCUT2D eigenvalue weighted by atomic mass is 10.1. The molecule has 0 aromatic heterocycles. The molecule has 2 N–H and O–H groups in total. The Morgan fingerprint density at radius 2 is 1.91 bits per heavy atom. The highest BCUT2D eigenvalue weighted by molar-refractivity contribution is 5.98. The first-order chi connectivity index (χ1) is 10.6. The Morgan fingerprint density at radius 3 is 2.59 bits per heavy atom. The third-order valence-electron chi connectivity index (χ3n) is 3.49. The van der Waals surface area contributed by atoms with Crippen molar-refractivity contribution >= 4 is 5.91 Å². The Bertz CT molecular complexity index is 625. The molecule has 0 heterocycles. The van der Waals surface area contributed by atoms with Crippen LogP contribution in [0.15, 0.2) is 48.5 Å². The average molecular weight is 299 g/mol. The first-order valence-corrected chi connectivity index (χ1v) is 7.25. The Morgan fingerprint density at radius 1 is 1.18 bits per heavy atom. The van der Waals surface area contributed by atoms with Crippen LogP contribution in [0.1, 0.15) is 21.5 Å². The first-order valence-electron chi connectivity index (χ1n) is 7.25. The van der Waals surface area contributed by atoms with E-state index in [2.05, 4.69) is 5.32 Å². The second-order valence-corrected chi connectivity index (χ2v) is 5.21. The summed E-state index contributed by atoms with van der Waals surface area (Å²) >= 11 is 0. The Labute approximate surface area is 130 Å². The summed E-state index contributed by atoms with van der Waals surface area (Å²) in [5.74, 6) is 0.303. The van der Waals surface area contributed by atoms with E-state index in [1.807, 2.05) is 49.4 Å². The van der Waals surface area contributed by atoms with E-state index in [1.165, 1.54) is 7.11 Å². The lowest BCUT2D eigenvalue weighted by Crippen LogP contribution is -2.33. The number of hydrogen-bond donors (Lipinski definition) is 2. The molecular weight excluding hydrogens is 278 g/mol. The minimum absolute atomic E-state index is 0.200. The average Bonchev–Trinajstić information content (AvgIpc) is 2.53. The number of benzene rings is 2. The van der Waals surface area contributed by atoms with Gasteiger partial charge in [-0.05, 0) is 24.1 Å². The molecule has 4 nitrogen and oxygen atoms in total. The first kappa shape index (κ1) is 16.0. The van der Waals surface area contributed by atoms with E-state index < -0.39 is 6.10 Å². The molecule has 0 aliphatic heterocycles. The largest absolute Gasteiger partial charge is 0.496 e. The van der Waals surface area contributed by atoms with Crippen molar-refractivity contribution in [2.45, 2.75) is 19.4 Å². The molecule has 2 aromatic rings. The zero-order valence-corrected chi connectivity index (χ0v) is 12.9. The van der Waals surface area contributed by atoms with E-state index in [0.717, 1.165) is 11.1 Å². The highest BCUT2D eigenvalue weighted by Gasteiger charge is 2.16. The Hall–Kier alpha value is -2.33. The summed E-state index contributed by atoms with van der Waals surface area (Å²) in [6, 6.07) is 15.2. The number of carbonyl (C=O) groups excluding carboxylic acids is 1. The number of amides is 1. The Balaban J connectivity index is 1.95. The molecule has 4 heteroatoms. The molecule has 116 valence electrons. The maximum Gasteiger partial charge on any atom is 0.255 e. The molecule has 1 atom stereocenters. The van der Waals surface area contributed by atoms with Crippen molar-refractivity contribution in [3.63, 3.8) is 0 Å². The zero-order valence-electron chi connectivity index (χ0n) is 12.9. The topological polar surface area (TPSA) is 58.6 Å². The van der Waals surface area contributed by atoms with E-state index in [-0.39, 0.29) is 12.5 Å². The van der Waals surface area contributed by atoms with Crippen molar-refractivity contribution in [1.82, 2.24) is 5.32 Å². The van der Waals surface area contributed by atoms with Crippen LogP contribution in [0, 0.1) is 6.92 Å². The monoisotopic (exact) mass is 299 g/mol. The molecular formula is C18H21NO3. The van der Waals surface area contributed by atoms with Crippen LogP contribution in [0.3, 0.4) is 0 Å². The third kappa shape index (κ3) is 4.09. The predicted octanol–water partition coefficient (Wildman–Crippen LogP) is 2.34. The van der Waals surface area contributed by atoms with Crippen molar-refractivity contribution in [2.24, 2.45) is 0 Å². The summed E-state index contributed by atoms with van der Waals surface area (Å²) in [4.78, 5) is 12.3. The van der Waals surface area contributed by atoms with Gasteiger partial charge in [0.05, 0.1) is 18.8 Å². The highest BCUT2D eigenvalue weighted by atomic mass is 16.5. The normalized spacial score (nSPS) is 11.8. The quantitative estimate of drug-likeness (QED) is 0.861. The van der Waals surface area contributed by atoms with Gasteiger partial charge in [-0.3, -0.25) is 4.79 Å². The summed E-state index contributed by atoms with van der Waals surface area (Å²) in [6.07, 6.45) is -0.118. The number of aliphatic hydroxyl groups excluding tert-OH is 1. The van der Waals surface area contributed by atoms with Crippen LogP contribution in [0.4, 0.5) is 0 Å². The fraction of sp³-hybridized carbons (Fsp3) is 0.278. The summed E-state index contributed by atoms with van der Waals surface area (Å²) < 4.78 is 5.23. The zero-order chi connectivity index (χ0) is 15.9. The number of rotatable bonds is 6. The minimum Gasteiger partial charge on any atom is -0.496 e. The lowest BCUT2D eigenvalue weighted by molar-refractivity contribution is 0.0912. The van der Waals surface area contributed by atoms with Crippen LogP contribution in [-0.4, -0.2) is 30.8 Å².